The monoisotopic (exact) mass is 436 g/mol. The van der Waals surface area contributed by atoms with Crippen LogP contribution < -0.4 is 4.90 Å². The van der Waals surface area contributed by atoms with Crippen LogP contribution in [0, 0.1) is 13.8 Å². The number of nitrogens with zero attached hydrogens (tertiary/aromatic N) is 6. The molecule has 3 aromatic heterocycles. The van der Waals surface area contributed by atoms with Crippen LogP contribution in [-0.2, 0) is 10.0 Å². The fourth-order valence-corrected chi connectivity index (χ4v) is 5.11. The van der Waals surface area contributed by atoms with Crippen molar-refractivity contribution in [2.45, 2.75) is 20.8 Å². The molecule has 1 aliphatic heterocycles. The van der Waals surface area contributed by atoms with Gasteiger partial charge in [-0.2, -0.15) is 4.31 Å². The second-order valence-corrected chi connectivity index (χ2v) is 9.97. The summed E-state index contributed by atoms with van der Waals surface area (Å²) in [4.78, 5) is 12.1. The van der Waals surface area contributed by atoms with Gasteiger partial charge in [0.05, 0.1) is 22.5 Å². The van der Waals surface area contributed by atoms with E-state index in [9.17, 15) is 8.42 Å². The number of piperazine rings is 1. The number of rotatable bonds is 5. The van der Waals surface area contributed by atoms with Crippen molar-refractivity contribution in [1.29, 1.82) is 0 Å². The van der Waals surface area contributed by atoms with Gasteiger partial charge in [0.2, 0.25) is 10.0 Å². The summed E-state index contributed by atoms with van der Waals surface area (Å²) in [6.07, 6.45) is 1.70. The van der Waals surface area contributed by atoms with Gasteiger partial charge < -0.3 is 9.32 Å². The number of aromatic nitrogens is 4. The molecule has 9 nitrogen and oxygen atoms in total. The van der Waals surface area contributed by atoms with E-state index in [1.807, 2.05) is 30.2 Å². The zero-order valence-corrected chi connectivity index (χ0v) is 18.1. The van der Waals surface area contributed by atoms with Gasteiger partial charge in [-0.15, -0.1) is 21.5 Å². The van der Waals surface area contributed by atoms with Crippen molar-refractivity contribution in [2.75, 3.05) is 36.8 Å². The number of sulfonamides is 1. The first-order valence-corrected chi connectivity index (χ1v) is 11.8. The summed E-state index contributed by atoms with van der Waals surface area (Å²) in [6, 6.07) is 2.01. The molecule has 4 rings (SSSR count). The molecular formula is C18H24N6O3S2. The van der Waals surface area contributed by atoms with E-state index in [4.69, 9.17) is 9.40 Å². The maximum atomic E-state index is 12.1. The molecule has 11 heteroatoms. The average molecular weight is 437 g/mol. The molecular weight excluding hydrogens is 412 g/mol. The first-order valence-electron chi connectivity index (χ1n) is 9.34. The molecule has 1 saturated heterocycles. The molecule has 0 bridgehead atoms. The molecule has 1 fully saturated rings. The molecule has 3 aromatic rings. The fourth-order valence-electron chi connectivity index (χ4n) is 3.18. The van der Waals surface area contributed by atoms with Crippen molar-refractivity contribution < 1.29 is 14.3 Å². The highest BCUT2D eigenvalue weighted by atomic mass is 32.2. The van der Waals surface area contributed by atoms with Crippen LogP contribution in [0.4, 0.5) is 5.82 Å². The van der Waals surface area contributed by atoms with Crippen molar-refractivity contribution in [3.05, 3.63) is 28.9 Å². The lowest BCUT2D eigenvalue weighted by Crippen LogP contribution is -2.49. The smallest absolute Gasteiger partial charge is 0.268 e. The third kappa shape index (κ3) is 3.89. The molecule has 0 N–H and O–H groups in total. The Kier molecular flexibility index (Phi) is 5.36. The van der Waals surface area contributed by atoms with E-state index in [0.717, 1.165) is 10.4 Å². The van der Waals surface area contributed by atoms with Crippen molar-refractivity contribution in [2.24, 2.45) is 0 Å². The first kappa shape index (κ1) is 19.9. The Morgan fingerprint density at radius 2 is 1.90 bits per heavy atom. The van der Waals surface area contributed by atoms with Gasteiger partial charge in [0.1, 0.15) is 5.82 Å². The summed E-state index contributed by atoms with van der Waals surface area (Å²) in [7, 11) is -3.17. The van der Waals surface area contributed by atoms with Crippen LogP contribution in [0.5, 0.6) is 0 Å². The van der Waals surface area contributed by atoms with Crippen molar-refractivity contribution in [3.8, 4) is 22.4 Å². The van der Waals surface area contributed by atoms with Crippen molar-refractivity contribution in [3.63, 3.8) is 0 Å². The normalized spacial score (nSPS) is 15.8. The van der Waals surface area contributed by atoms with Gasteiger partial charge in [0.15, 0.2) is 5.69 Å². The molecule has 0 atom stereocenters. The van der Waals surface area contributed by atoms with Crippen LogP contribution >= 0.6 is 11.3 Å². The van der Waals surface area contributed by atoms with Gasteiger partial charge in [-0.1, -0.05) is 0 Å². The van der Waals surface area contributed by atoms with Gasteiger partial charge in [0, 0.05) is 27.6 Å². The lowest BCUT2D eigenvalue weighted by molar-refractivity contribution is 0.384. The highest BCUT2D eigenvalue weighted by Gasteiger charge is 2.27. The Balaban J connectivity index is 0.00000256. The van der Waals surface area contributed by atoms with E-state index >= 15 is 0 Å². The Morgan fingerprint density at radius 1 is 1.17 bits per heavy atom. The second-order valence-electron chi connectivity index (χ2n) is 6.79. The number of hydrogen-bond donors (Lipinski definition) is 0. The zero-order chi connectivity index (χ0) is 20.6. The quantitative estimate of drug-likeness (QED) is 0.601. The molecule has 0 amide bonds. The minimum atomic E-state index is -3.17. The third-order valence-electron chi connectivity index (χ3n) is 4.95. The van der Waals surface area contributed by atoms with Crippen LogP contribution in [0.2, 0.25) is 0 Å². The number of hydrogen-bond acceptors (Lipinski definition) is 9. The van der Waals surface area contributed by atoms with E-state index in [-0.39, 0.29) is 7.18 Å². The molecule has 156 valence electrons. The summed E-state index contributed by atoms with van der Waals surface area (Å²) in [5.41, 5.74) is 2.32. The first-order chi connectivity index (χ1) is 13.9. The Labute approximate surface area is 175 Å². The summed E-state index contributed by atoms with van der Waals surface area (Å²) >= 11 is 1.55. The number of aryl methyl sites for hydroxylation is 2. The maximum absolute atomic E-state index is 12.1. The molecule has 0 saturated carbocycles. The lowest BCUT2D eigenvalue weighted by atomic mass is 10.3. The Bertz CT molecular complexity index is 1120. The highest BCUT2D eigenvalue weighted by molar-refractivity contribution is 7.89. The molecule has 29 heavy (non-hydrogen) atoms. The van der Waals surface area contributed by atoms with Crippen LogP contribution in [0.25, 0.3) is 22.4 Å². The van der Waals surface area contributed by atoms with Crippen LogP contribution in [-0.4, -0.2) is 64.8 Å². The SMILES string of the molecule is CCS(=O)(=O)N1CCN(c2cnc(C)c(-c3nnc(-c4sccc4C)o3)n2)CC1.[HH]. The van der Waals surface area contributed by atoms with Gasteiger partial charge in [-0.3, -0.25) is 4.98 Å². The Hall–Kier alpha value is -2.37. The van der Waals surface area contributed by atoms with E-state index in [0.29, 0.717) is 55.2 Å². The summed E-state index contributed by atoms with van der Waals surface area (Å²) in [5, 5.41) is 10.3. The highest BCUT2D eigenvalue weighted by Crippen LogP contribution is 2.31. The average Bonchev–Trinajstić information content (AvgIpc) is 3.37. The molecule has 0 radical (unpaired) electrons. The van der Waals surface area contributed by atoms with Gasteiger partial charge in [0.25, 0.3) is 11.8 Å². The zero-order valence-electron chi connectivity index (χ0n) is 16.5. The maximum Gasteiger partial charge on any atom is 0.268 e. The number of thiophene rings is 1. The van der Waals surface area contributed by atoms with Crippen molar-refractivity contribution in [1.82, 2.24) is 24.5 Å². The van der Waals surface area contributed by atoms with Crippen LogP contribution in [0.15, 0.2) is 22.1 Å². The minimum Gasteiger partial charge on any atom is -0.414 e. The predicted molar refractivity (Wildman–Crippen MR) is 113 cm³/mol. The Morgan fingerprint density at radius 3 is 2.55 bits per heavy atom. The standard InChI is InChI=1S/C18H22N6O3S2.H2/c1-4-29(25,26)24-8-6-23(7-9-24)14-11-19-13(3)15(20-14)17-21-22-18(27-17)16-12(2)5-10-28-16;/h5,10-11H,4,6-9H2,1-3H3;1H. The van der Waals surface area contributed by atoms with E-state index in [1.54, 1.807) is 24.5 Å². The minimum absolute atomic E-state index is 0. The second kappa shape index (κ2) is 7.81. The van der Waals surface area contributed by atoms with E-state index < -0.39 is 10.0 Å². The van der Waals surface area contributed by atoms with Gasteiger partial charge >= 0.3 is 0 Å². The summed E-state index contributed by atoms with van der Waals surface area (Å²) in [6.45, 7) is 7.49. The predicted octanol–water partition coefficient (Wildman–Crippen LogP) is 2.59. The van der Waals surface area contributed by atoms with E-state index in [1.165, 1.54) is 4.31 Å². The topological polar surface area (TPSA) is 105 Å². The molecule has 4 heterocycles. The molecule has 0 aliphatic carbocycles. The van der Waals surface area contributed by atoms with Gasteiger partial charge in [-0.25, -0.2) is 13.4 Å². The number of anilines is 1. The summed E-state index contributed by atoms with van der Waals surface area (Å²) < 4.78 is 31.5. The van der Waals surface area contributed by atoms with Crippen LogP contribution in [0.3, 0.4) is 0 Å². The molecule has 0 unspecified atom stereocenters. The third-order valence-corrected chi connectivity index (χ3v) is 7.83. The van der Waals surface area contributed by atoms with Crippen molar-refractivity contribution >= 4 is 27.2 Å². The largest absolute Gasteiger partial charge is 0.414 e. The molecule has 1 aliphatic rings. The molecule has 0 aromatic carbocycles. The molecule has 0 spiro atoms. The fraction of sp³-hybridized carbons (Fsp3) is 0.444. The van der Waals surface area contributed by atoms with E-state index in [2.05, 4.69) is 15.2 Å². The lowest BCUT2D eigenvalue weighted by Gasteiger charge is -2.34. The summed E-state index contributed by atoms with van der Waals surface area (Å²) in [5.74, 6) is 1.58. The van der Waals surface area contributed by atoms with Crippen LogP contribution in [0.1, 0.15) is 19.6 Å². The van der Waals surface area contributed by atoms with Gasteiger partial charge in [-0.05, 0) is 37.8 Å².